The number of benzene rings is 1. The first kappa shape index (κ1) is 15.2. The molecule has 0 bridgehead atoms. The van der Waals surface area contributed by atoms with Crippen LogP contribution >= 0.6 is 0 Å². The summed E-state index contributed by atoms with van der Waals surface area (Å²) < 4.78 is 6.78. The van der Waals surface area contributed by atoms with Gasteiger partial charge in [-0.2, -0.15) is 5.10 Å². The van der Waals surface area contributed by atoms with E-state index in [1.54, 1.807) is 18.3 Å². The topological polar surface area (TPSA) is 99.3 Å². The number of hydrogen-bond acceptors (Lipinski definition) is 5. The Balaban J connectivity index is 1.64. The molecule has 0 aliphatic carbocycles. The van der Waals surface area contributed by atoms with Crippen LogP contribution < -0.4 is 5.32 Å². The second kappa shape index (κ2) is 6.57. The minimum absolute atomic E-state index is 0.0117. The van der Waals surface area contributed by atoms with E-state index in [9.17, 15) is 14.9 Å². The van der Waals surface area contributed by atoms with Crippen molar-refractivity contribution in [2.45, 2.75) is 6.42 Å². The first-order valence-corrected chi connectivity index (χ1v) is 7.29. The highest BCUT2D eigenvalue weighted by molar-refractivity contribution is 5.93. The third-order valence-electron chi connectivity index (χ3n) is 3.75. The van der Waals surface area contributed by atoms with E-state index in [0.29, 0.717) is 30.3 Å². The van der Waals surface area contributed by atoms with E-state index in [1.807, 2.05) is 0 Å². The van der Waals surface area contributed by atoms with Gasteiger partial charge in [-0.1, -0.05) is 0 Å². The van der Waals surface area contributed by atoms with Crippen LogP contribution in [0.4, 0.5) is 5.69 Å². The summed E-state index contributed by atoms with van der Waals surface area (Å²) in [6.45, 7) is 2.02. The smallest absolute Gasteiger partial charge is 0.269 e. The summed E-state index contributed by atoms with van der Waals surface area (Å²) in [6.07, 6.45) is 4.03. The van der Waals surface area contributed by atoms with Crippen LogP contribution in [0.1, 0.15) is 16.8 Å². The zero-order valence-electron chi connectivity index (χ0n) is 12.3. The number of aromatic nitrogens is 2. The first-order chi connectivity index (χ1) is 11.1. The standard InChI is InChI=1S/C15H16N4O4/c20-15(16-7-11-5-6-23-10-11)12-8-17-18(9-12)13-1-3-14(4-2-13)19(21)22/h1-4,8-9,11H,5-7,10H2,(H,16,20)/t11-/m1/s1. The Hall–Kier alpha value is -2.74. The second-order valence-corrected chi connectivity index (χ2v) is 5.39. The summed E-state index contributed by atoms with van der Waals surface area (Å²) in [4.78, 5) is 22.3. The molecule has 0 unspecified atom stereocenters. The number of ether oxygens (including phenoxy) is 1. The van der Waals surface area contributed by atoms with Crippen molar-refractivity contribution < 1.29 is 14.5 Å². The van der Waals surface area contributed by atoms with Gasteiger partial charge in [0.05, 0.1) is 29.0 Å². The van der Waals surface area contributed by atoms with Gasteiger partial charge in [0, 0.05) is 37.4 Å². The molecule has 120 valence electrons. The molecule has 1 atom stereocenters. The highest BCUT2D eigenvalue weighted by atomic mass is 16.6. The van der Waals surface area contributed by atoms with E-state index >= 15 is 0 Å². The monoisotopic (exact) mass is 316 g/mol. The third-order valence-corrected chi connectivity index (χ3v) is 3.75. The molecule has 1 aliphatic rings. The molecule has 1 aromatic heterocycles. The van der Waals surface area contributed by atoms with Crippen molar-refractivity contribution in [2.24, 2.45) is 5.92 Å². The number of hydrogen-bond donors (Lipinski definition) is 1. The van der Waals surface area contributed by atoms with Gasteiger partial charge < -0.3 is 10.1 Å². The van der Waals surface area contributed by atoms with Crippen molar-refractivity contribution in [3.05, 3.63) is 52.3 Å². The molecule has 23 heavy (non-hydrogen) atoms. The molecule has 2 aromatic rings. The number of nitro benzene ring substituents is 1. The molecule has 0 radical (unpaired) electrons. The van der Waals surface area contributed by atoms with Crippen molar-refractivity contribution in [3.63, 3.8) is 0 Å². The van der Waals surface area contributed by atoms with Gasteiger partial charge in [-0.15, -0.1) is 0 Å². The van der Waals surface area contributed by atoms with Crippen molar-refractivity contribution >= 4 is 11.6 Å². The molecular weight excluding hydrogens is 300 g/mol. The van der Waals surface area contributed by atoms with Gasteiger partial charge in [-0.05, 0) is 18.6 Å². The molecule has 0 saturated carbocycles. The Morgan fingerprint density at radius 1 is 1.43 bits per heavy atom. The van der Waals surface area contributed by atoms with Crippen LogP contribution in [-0.2, 0) is 4.74 Å². The fourth-order valence-corrected chi connectivity index (χ4v) is 2.39. The maximum absolute atomic E-state index is 12.1. The van der Waals surface area contributed by atoms with E-state index in [4.69, 9.17) is 4.74 Å². The lowest BCUT2D eigenvalue weighted by atomic mass is 10.1. The average molecular weight is 316 g/mol. The average Bonchev–Trinajstić information content (AvgIpc) is 3.24. The van der Waals surface area contributed by atoms with Gasteiger partial charge in [0.2, 0.25) is 0 Å². The molecule has 8 nitrogen and oxygen atoms in total. The van der Waals surface area contributed by atoms with E-state index in [0.717, 1.165) is 13.0 Å². The largest absolute Gasteiger partial charge is 0.381 e. The molecule has 1 N–H and O–H groups in total. The van der Waals surface area contributed by atoms with Crippen LogP contribution in [0.15, 0.2) is 36.7 Å². The van der Waals surface area contributed by atoms with Crippen LogP contribution in [0.2, 0.25) is 0 Å². The number of carbonyl (C=O) groups is 1. The molecule has 1 fully saturated rings. The summed E-state index contributed by atoms with van der Waals surface area (Å²) in [7, 11) is 0. The Bertz CT molecular complexity index is 705. The van der Waals surface area contributed by atoms with Crippen LogP contribution in [0, 0.1) is 16.0 Å². The van der Waals surface area contributed by atoms with E-state index in [1.165, 1.54) is 23.0 Å². The summed E-state index contributed by atoms with van der Waals surface area (Å²) in [6, 6.07) is 5.97. The lowest BCUT2D eigenvalue weighted by Gasteiger charge is -2.08. The van der Waals surface area contributed by atoms with Gasteiger partial charge in [0.25, 0.3) is 11.6 Å². The predicted octanol–water partition coefficient (Wildman–Crippen LogP) is 1.55. The number of carbonyl (C=O) groups excluding carboxylic acids is 1. The fourth-order valence-electron chi connectivity index (χ4n) is 2.39. The Morgan fingerprint density at radius 3 is 2.87 bits per heavy atom. The van der Waals surface area contributed by atoms with Gasteiger partial charge in [0.1, 0.15) is 0 Å². The molecule has 1 aliphatic heterocycles. The summed E-state index contributed by atoms with van der Waals surface area (Å²) in [5, 5.41) is 17.6. The number of nitro groups is 1. The van der Waals surface area contributed by atoms with Crippen molar-refractivity contribution in [2.75, 3.05) is 19.8 Å². The number of non-ortho nitro benzene ring substituents is 1. The van der Waals surface area contributed by atoms with Crippen LogP contribution in [0.3, 0.4) is 0 Å². The normalized spacial score (nSPS) is 17.1. The Morgan fingerprint density at radius 2 is 2.22 bits per heavy atom. The maximum atomic E-state index is 12.1. The molecule has 1 amide bonds. The molecule has 1 aromatic carbocycles. The molecular formula is C15H16N4O4. The van der Waals surface area contributed by atoms with Crippen molar-refractivity contribution in [3.8, 4) is 5.69 Å². The minimum atomic E-state index is -0.460. The Kier molecular flexibility index (Phi) is 4.33. The number of nitrogens with zero attached hydrogens (tertiary/aromatic N) is 3. The molecule has 0 spiro atoms. The lowest BCUT2D eigenvalue weighted by molar-refractivity contribution is -0.384. The molecule has 2 heterocycles. The van der Waals surface area contributed by atoms with Crippen molar-refractivity contribution in [1.82, 2.24) is 15.1 Å². The SMILES string of the molecule is O=C(NC[C@H]1CCOC1)c1cnn(-c2ccc([N+](=O)[O-])cc2)c1. The van der Waals surface area contributed by atoms with E-state index < -0.39 is 4.92 Å². The summed E-state index contributed by atoms with van der Waals surface area (Å²) in [5.74, 6) is 0.175. The van der Waals surface area contributed by atoms with Gasteiger partial charge in [-0.25, -0.2) is 4.68 Å². The van der Waals surface area contributed by atoms with Gasteiger partial charge in [0.15, 0.2) is 0 Å². The molecule has 1 saturated heterocycles. The predicted molar refractivity (Wildman–Crippen MR) is 81.5 cm³/mol. The second-order valence-electron chi connectivity index (χ2n) is 5.39. The lowest BCUT2D eigenvalue weighted by Crippen LogP contribution is -2.29. The van der Waals surface area contributed by atoms with E-state index in [2.05, 4.69) is 10.4 Å². The van der Waals surface area contributed by atoms with Crippen molar-refractivity contribution in [1.29, 1.82) is 0 Å². The van der Waals surface area contributed by atoms with E-state index in [-0.39, 0.29) is 11.6 Å². The molecule has 8 heteroatoms. The fraction of sp³-hybridized carbons (Fsp3) is 0.333. The van der Waals surface area contributed by atoms with Gasteiger partial charge >= 0.3 is 0 Å². The Labute approximate surface area is 132 Å². The number of nitrogens with one attached hydrogen (secondary N) is 1. The maximum Gasteiger partial charge on any atom is 0.269 e. The van der Waals surface area contributed by atoms with Gasteiger partial charge in [-0.3, -0.25) is 14.9 Å². The highest BCUT2D eigenvalue weighted by Crippen LogP contribution is 2.15. The zero-order chi connectivity index (χ0) is 16.2. The summed E-state index contributed by atoms with van der Waals surface area (Å²) in [5.41, 5.74) is 1.11. The molecule has 3 rings (SSSR count). The zero-order valence-corrected chi connectivity index (χ0v) is 12.3. The van der Waals surface area contributed by atoms with Crippen LogP contribution in [-0.4, -0.2) is 40.4 Å². The third kappa shape index (κ3) is 3.54. The quantitative estimate of drug-likeness (QED) is 0.666. The first-order valence-electron chi connectivity index (χ1n) is 7.29. The van der Waals surface area contributed by atoms with Crippen LogP contribution in [0.25, 0.3) is 5.69 Å². The number of amides is 1. The summed E-state index contributed by atoms with van der Waals surface area (Å²) >= 11 is 0. The number of rotatable bonds is 5. The minimum Gasteiger partial charge on any atom is -0.381 e. The van der Waals surface area contributed by atoms with Crippen LogP contribution in [0.5, 0.6) is 0 Å². The highest BCUT2D eigenvalue weighted by Gasteiger charge is 2.17.